The van der Waals surface area contributed by atoms with Gasteiger partial charge in [-0.2, -0.15) is 0 Å². The van der Waals surface area contributed by atoms with Crippen LogP contribution < -0.4 is 5.32 Å². The fourth-order valence-corrected chi connectivity index (χ4v) is 1.45. The molecule has 7 nitrogen and oxygen atoms in total. The third-order valence-electron chi connectivity index (χ3n) is 2.22. The van der Waals surface area contributed by atoms with Crippen molar-refractivity contribution in [3.8, 4) is 0 Å². The number of carbonyl (C=O) groups is 1. The molecule has 8 heteroatoms. The zero-order chi connectivity index (χ0) is 13.7. The maximum Gasteiger partial charge on any atom is 0.288 e. The minimum absolute atomic E-state index is 0.0596. The van der Waals surface area contributed by atoms with E-state index < -0.39 is 10.8 Å². The summed E-state index contributed by atoms with van der Waals surface area (Å²) in [6.45, 7) is 1.63. The van der Waals surface area contributed by atoms with Crippen LogP contribution in [0.4, 0.5) is 5.69 Å². The van der Waals surface area contributed by atoms with Crippen molar-refractivity contribution in [1.29, 1.82) is 0 Å². The van der Waals surface area contributed by atoms with E-state index in [-0.39, 0.29) is 29.1 Å². The van der Waals surface area contributed by atoms with E-state index in [1.165, 1.54) is 0 Å². The van der Waals surface area contributed by atoms with Gasteiger partial charge in [-0.15, -0.1) is 0 Å². The maximum atomic E-state index is 11.8. The van der Waals surface area contributed by atoms with Crippen LogP contribution in [0.1, 0.15) is 23.7 Å². The second-order valence-corrected chi connectivity index (χ2v) is 4.03. The Morgan fingerprint density at radius 2 is 2.39 bits per heavy atom. The van der Waals surface area contributed by atoms with Gasteiger partial charge in [-0.25, -0.2) is 4.98 Å². The first-order valence-corrected chi connectivity index (χ1v) is 5.55. The first-order valence-electron chi connectivity index (χ1n) is 5.17. The number of amides is 1. The molecule has 1 heterocycles. The zero-order valence-electron chi connectivity index (χ0n) is 9.59. The number of aliphatic hydroxyl groups is 1. The van der Waals surface area contributed by atoms with Crippen LogP contribution in [0.15, 0.2) is 12.3 Å². The molecule has 0 spiro atoms. The molecule has 1 aromatic heterocycles. The Morgan fingerprint density at radius 3 is 2.94 bits per heavy atom. The van der Waals surface area contributed by atoms with E-state index in [0.29, 0.717) is 6.42 Å². The predicted octanol–water partition coefficient (Wildman–Crippen LogP) is 1.14. The summed E-state index contributed by atoms with van der Waals surface area (Å²) in [4.78, 5) is 25.3. The normalized spacial score (nSPS) is 11.9. The van der Waals surface area contributed by atoms with Gasteiger partial charge in [-0.05, 0) is 13.3 Å². The molecule has 0 saturated heterocycles. The molecule has 0 radical (unpaired) electrons. The van der Waals surface area contributed by atoms with Crippen LogP contribution in [0.25, 0.3) is 0 Å². The molecule has 2 N–H and O–H groups in total. The van der Waals surface area contributed by atoms with Crippen LogP contribution in [0, 0.1) is 10.1 Å². The topological polar surface area (TPSA) is 105 Å². The third-order valence-corrected chi connectivity index (χ3v) is 2.52. The van der Waals surface area contributed by atoms with E-state index >= 15 is 0 Å². The van der Waals surface area contributed by atoms with Crippen LogP contribution in [-0.4, -0.2) is 33.6 Å². The molecule has 0 aliphatic heterocycles. The highest BCUT2D eigenvalue weighted by Gasteiger charge is 2.18. The first-order chi connectivity index (χ1) is 8.45. The van der Waals surface area contributed by atoms with Crippen molar-refractivity contribution in [1.82, 2.24) is 10.3 Å². The lowest BCUT2D eigenvalue weighted by molar-refractivity contribution is -0.385. The molecule has 98 valence electrons. The van der Waals surface area contributed by atoms with E-state index in [0.717, 1.165) is 12.3 Å². The van der Waals surface area contributed by atoms with Crippen LogP contribution in [0.5, 0.6) is 0 Å². The summed E-state index contributed by atoms with van der Waals surface area (Å²) in [7, 11) is 0. The van der Waals surface area contributed by atoms with Crippen molar-refractivity contribution in [2.24, 2.45) is 0 Å². The van der Waals surface area contributed by atoms with Gasteiger partial charge in [0.05, 0.1) is 10.5 Å². The lowest BCUT2D eigenvalue weighted by atomic mass is 10.2. The Balaban J connectivity index is 2.91. The fourth-order valence-electron chi connectivity index (χ4n) is 1.26. The first kappa shape index (κ1) is 14.3. The van der Waals surface area contributed by atoms with Gasteiger partial charge in [-0.1, -0.05) is 11.6 Å². The number of halogens is 1. The van der Waals surface area contributed by atoms with E-state index in [9.17, 15) is 14.9 Å². The van der Waals surface area contributed by atoms with E-state index in [2.05, 4.69) is 10.3 Å². The van der Waals surface area contributed by atoms with E-state index in [4.69, 9.17) is 16.7 Å². The maximum absolute atomic E-state index is 11.8. The monoisotopic (exact) mass is 273 g/mol. The summed E-state index contributed by atoms with van der Waals surface area (Å²) < 4.78 is 0. The summed E-state index contributed by atoms with van der Waals surface area (Å²) in [5, 5.41) is 21.7. The Morgan fingerprint density at radius 1 is 1.72 bits per heavy atom. The number of nitrogens with one attached hydrogen (secondary N) is 1. The summed E-state index contributed by atoms with van der Waals surface area (Å²) in [5.41, 5.74) is -0.366. The SMILES string of the molecule is CC(CCO)NC(=O)c1cc([N+](=O)[O-])cnc1Cl. The Hall–Kier alpha value is -1.73. The standard InChI is InChI=1S/C10H12ClN3O4/c1-6(2-3-15)13-10(16)8-4-7(14(17)18)5-12-9(8)11/h4-6,15H,2-3H2,1H3,(H,13,16). The van der Waals surface area contributed by atoms with Crippen LogP contribution in [-0.2, 0) is 0 Å². The van der Waals surface area contributed by atoms with Crippen molar-refractivity contribution in [2.75, 3.05) is 6.61 Å². The molecule has 1 amide bonds. The van der Waals surface area contributed by atoms with Crippen molar-refractivity contribution in [2.45, 2.75) is 19.4 Å². The van der Waals surface area contributed by atoms with Crippen molar-refractivity contribution in [3.05, 3.63) is 33.1 Å². The average molecular weight is 274 g/mol. The minimum Gasteiger partial charge on any atom is -0.396 e. The van der Waals surface area contributed by atoms with Crippen LogP contribution >= 0.6 is 11.6 Å². The number of aromatic nitrogens is 1. The summed E-state index contributed by atoms with van der Waals surface area (Å²) in [5.74, 6) is -0.558. The van der Waals surface area contributed by atoms with Crippen LogP contribution in [0.2, 0.25) is 5.15 Å². The molecule has 18 heavy (non-hydrogen) atoms. The van der Waals surface area contributed by atoms with Gasteiger partial charge < -0.3 is 10.4 Å². The summed E-state index contributed by atoms with van der Waals surface area (Å²) >= 11 is 5.71. The largest absolute Gasteiger partial charge is 0.396 e. The molecule has 1 rings (SSSR count). The molecule has 0 fully saturated rings. The molecule has 0 saturated carbocycles. The smallest absolute Gasteiger partial charge is 0.288 e. The third kappa shape index (κ3) is 3.64. The lowest BCUT2D eigenvalue weighted by Gasteiger charge is -2.12. The number of aliphatic hydroxyl groups excluding tert-OH is 1. The molecule has 1 aromatic rings. The number of pyridine rings is 1. The molecular formula is C10H12ClN3O4. The molecule has 0 aliphatic rings. The number of hydrogen-bond donors (Lipinski definition) is 2. The second kappa shape index (κ2) is 6.27. The summed E-state index contributed by atoms with van der Waals surface area (Å²) in [6.07, 6.45) is 1.36. The van der Waals surface area contributed by atoms with Crippen molar-refractivity contribution in [3.63, 3.8) is 0 Å². The highest BCUT2D eigenvalue weighted by Crippen LogP contribution is 2.19. The molecular weight excluding hydrogens is 262 g/mol. The number of hydrogen-bond acceptors (Lipinski definition) is 5. The highest BCUT2D eigenvalue weighted by atomic mass is 35.5. The van der Waals surface area contributed by atoms with E-state index in [1.807, 2.05) is 0 Å². The van der Waals surface area contributed by atoms with Gasteiger partial charge in [0.2, 0.25) is 0 Å². The quantitative estimate of drug-likeness (QED) is 0.475. The highest BCUT2D eigenvalue weighted by molar-refractivity contribution is 6.32. The minimum atomic E-state index is -0.655. The van der Waals surface area contributed by atoms with Gasteiger partial charge in [0.1, 0.15) is 11.3 Å². The Labute approximate surface area is 108 Å². The zero-order valence-corrected chi connectivity index (χ0v) is 10.3. The van der Waals surface area contributed by atoms with Gasteiger partial charge >= 0.3 is 0 Å². The van der Waals surface area contributed by atoms with Gasteiger partial charge in [0.15, 0.2) is 0 Å². The number of nitrogens with zero attached hydrogens (tertiary/aromatic N) is 2. The summed E-state index contributed by atoms with van der Waals surface area (Å²) in [6, 6.07) is 0.800. The van der Waals surface area contributed by atoms with Gasteiger partial charge in [0, 0.05) is 18.7 Å². The van der Waals surface area contributed by atoms with Gasteiger partial charge in [-0.3, -0.25) is 14.9 Å². The molecule has 0 aromatic carbocycles. The van der Waals surface area contributed by atoms with E-state index in [1.54, 1.807) is 6.92 Å². The molecule has 1 unspecified atom stereocenters. The number of nitro groups is 1. The second-order valence-electron chi connectivity index (χ2n) is 3.68. The molecule has 1 atom stereocenters. The Bertz CT molecular complexity index is 466. The average Bonchev–Trinajstić information content (AvgIpc) is 2.29. The van der Waals surface area contributed by atoms with Crippen molar-refractivity contribution < 1.29 is 14.8 Å². The molecule has 0 bridgehead atoms. The fraction of sp³-hybridized carbons (Fsp3) is 0.400. The van der Waals surface area contributed by atoms with Crippen molar-refractivity contribution >= 4 is 23.2 Å². The van der Waals surface area contributed by atoms with Gasteiger partial charge in [0.25, 0.3) is 11.6 Å². The lowest BCUT2D eigenvalue weighted by Crippen LogP contribution is -2.33. The number of carbonyl (C=O) groups excluding carboxylic acids is 1. The Kier molecular flexibility index (Phi) is 4.99. The predicted molar refractivity (Wildman–Crippen MR) is 64.5 cm³/mol. The van der Waals surface area contributed by atoms with Crippen LogP contribution in [0.3, 0.4) is 0 Å². The number of rotatable bonds is 5. The molecule has 0 aliphatic carbocycles.